The van der Waals surface area contributed by atoms with Gasteiger partial charge in [0.1, 0.15) is 0 Å². The molecule has 0 unspecified atom stereocenters. The normalized spacial score (nSPS) is 26.2. The molecule has 0 aromatic rings. The summed E-state index contributed by atoms with van der Waals surface area (Å²) in [6.07, 6.45) is 3.13. The maximum Gasteiger partial charge on any atom is 0.208 e. The van der Waals surface area contributed by atoms with Gasteiger partial charge in [0.25, 0.3) is 0 Å². The fourth-order valence-corrected chi connectivity index (χ4v) is 1.11. The molecule has 0 radical (unpaired) electrons. The molecule has 8 heavy (non-hydrogen) atoms. The van der Waals surface area contributed by atoms with Crippen LogP contribution < -0.4 is 0 Å². The molecule has 2 heteroatoms. The van der Waals surface area contributed by atoms with Gasteiger partial charge in [-0.1, -0.05) is 0 Å². The van der Waals surface area contributed by atoms with E-state index in [0.29, 0.717) is 12.8 Å². The van der Waals surface area contributed by atoms with E-state index in [0.717, 1.165) is 12.8 Å². The second-order valence-corrected chi connectivity index (χ2v) is 2.29. The van der Waals surface area contributed by atoms with Crippen molar-refractivity contribution in [2.24, 2.45) is 0 Å². The summed E-state index contributed by atoms with van der Waals surface area (Å²) in [7, 11) is 1.44. The highest BCUT2D eigenvalue weighted by molar-refractivity contribution is 4.74. The first kappa shape index (κ1) is 6.02. The van der Waals surface area contributed by atoms with E-state index in [9.17, 15) is 4.39 Å². The van der Waals surface area contributed by atoms with Crippen molar-refractivity contribution < 1.29 is 9.13 Å². The molecule has 0 spiro atoms. The number of methoxy groups -OCH3 is 1. The van der Waals surface area contributed by atoms with Crippen molar-refractivity contribution >= 4 is 0 Å². The van der Waals surface area contributed by atoms with Gasteiger partial charge in [0.05, 0.1) is 0 Å². The van der Waals surface area contributed by atoms with Crippen LogP contribution in [0, 0.1) is 0 Å². The Hall–Kier alpha value is -0.110. The highest BCUT2D eigenvalue weighted by atomic mass is 19.2. The minimum atomic E-state index is -1.26. The molecule has 0 aliphatic heterocycles. The van der Waals surface area contributed by atoms with Gasteiger partial charge in [-0.2, -0.15) is 0 Å². The predicted octanol–water partition coefficient (Wildman–Crippen LogP) is 1.87. The van der Waals surface area contributed by atoms with Crippen molar-refractivity contribution in [3.63, 3.8) is 0 Å². The number of hydrogen-bond donors (Lipinski definition) is 0. The molecule has 1 aliphatic carbocycles. The summed E-state index contributed by atoms with van der Waals surface area (Å²) < 4.78 is 17.5. The second kappa shape index (κ2) is 2.02. The maximum absolute atomic E-state index is 12.8. The number of hydrogen-bond acceptors (Lipinski definition) is 1. The third-order valence-electron chi connectivity index (χ3n) is 1.72. The molecular formula is C6H11FO. The van der Waals surface area contributed by atoms with E-state index in [1.54, 1.807) is 0 Å². The first-order chi connectivity index (χ1) is 3.77. The lowest BCUT2D eigenvalue weighted by molar-refractivity contribution is -0.114. The van der Waals surface area contributed by atoms with Crippen LogP contribution in [-0.2, 0) is 4.74 Å². The van der Waals surface area contributed by atoms with Crippen LogP contribution in [-0.4, -0.2) is 13.0 Å². The van der Waals surface area contributed by atoms with E-state index in [-0.39, 0.29) is 0 Å². The maximum atomic E-state index is 12.8. The number of rotatable bonds is 1. The number of halogens is 1. The lowest BCUT2D eigenvalue weighted by Crippen LogP contribution is -2.19. The van der Waals surface area contributed by atoms with Gasteiger partial charge in [-0.3, -0.25) is 0 Å². The van der Waals surface area contributed by atoms with Crippen LogP contribution in [0.4, 0.5) is 4.39 Å². The van der Waals surface area contributed by atoms with Gasteiger partial charge in [-0.05, 0) is 12.8 Å². The Morgan fingerprint density at radius 2 is 1.88 bits per heavy atom. The molecule has 0 saturated heterocycles. The third kappa shape index (κ3) is 0.996. The van der Waals surface area contributed by atoms with E-state index in [4.69, 9.17) is 0 Å². The van der Waals surface area contributed by atoms with Crippen molar-refractivity contribution in [2.75, 3.05) is 7.11 Å². The molecule has 0 aromatic carbocycles. The average molecular weight is 118 g/mol. The van der Waals surface area contributed by atoms with Gasteiger partial charge in [0.15, 0.2) is 0 Å². The Balaban J connectivity index is 2.40. The molecule has 0 N–H and O–H groups in total. The number of ether oxygens (including phenoxy) is 1. The quantitative estimate of drug-likeness (QED) is 0.510. The van der Waals surface area contributed by atoms with Crippen molar-refractivity contribution in [3.05, 3.63) is 0 Å². The highest BCUT2D eigenvalue weighted by Crippen LogP contribution is 2.33. The van der Waals surface area contributed by atoms with Gasteiger partial charge in [-0.15, -0.1) is 0 Å². The minimum Gasteiger partial charge on any atom is -0.349 e. The first-order valence-electron chi connectivity index (χ1n) is 3.01. The van der Waals surface area contributed by atoms with E-state index in [1.165, 1.54) is 7.11 Å². The Kier molecular flexibility index (Phi) is 1.52. The standard InChI is InChI=1S/C6H11FO/c1-8-6(7)4-2-3-5-6/h2-5H2,1H3. The van der Waals surface area contributed by atoms with Crippen LogP contribution in [0.3, 0.4) is 0 Å². The van der Waals surface area contributed by atoms with E-state index in [2.05, 4.69) is 4.74 Å². The SMILES string of the molecule is COC1(F)CCCC1. The molecule has 1 rings (SSSR count). The van der Waals surface area contributed by atoms with Crippen molar-refractivity contribution in [1.82, 2.24) is 0 Å². The summed E-state index contributed by atoms with van der Waals surface area (Å²) in [5.74, 6) is -1.26. The van der Waals surface area contributed by atoms with Gasteiger partial charge in [0, 0.05) is 20.0 Å². The first-order valence-corrected chi connectivity index (χ1v) is 3.01. The Morgan fingerprint density at radius 3 is 2.12 bits per heavy atom. The molecule has 1 aliphatic rings. The smallest absolute Gasteiger partial charge is 0.208 e. The molecule has 0 heterocycles. The summed E-state index contributed by atoms with van der Waals surface area (Å²) in [6.45, 7) is 0. The zero-order chi connectivity index (χ0) is 6.04. The summed E-state index contributed by atoms with van der Waals surface area (Å²) in [6, 6.07) is 0. The summed E-state index contributed by atoms with van der Waals surface area (Å²) >= 11 is 0. The highest BCUT2D eigenvalue weighted by Gasteiger charge is 2.32. The van der Waals surface area contributed by atoms with E-state index < -0.39 is 5.85 Å². The summed E-state index contributed by atoms with van der Waals surface area (Å²) in [5, 5.41) is 0. The number of alkyl halides is 1. The molecule has 1 fully saturated rings. The summed E-state index contributed by atoms with van der Waals surface area (Å²) in [5.41, 5.74) is 0. The van der Waals surface area contributed by atoms with E-state index in [1.807, 2.05) is 0 Å². The van der Waals surface area contributed by atoms with E-state index >= 15 is 0 Å². The monoisotopic (exact) mass is 118 g/mol. The predicted molar refractivity (Wildman–Crippen MR) is 29.3 cm³/mol. The zero-order valence-corrected chi connectivity index (χ0v) is 5.11. The molecule has 1 saturated carbocycles. The van der Waals surface area contributed by atoms with Gasteiger partial charge in [0.2, 0.25) is 5.85 Å². The minimum absolute atomic E-state index is 0.587. The lowest BCUT2D eigenvalue weighted by atomic mass is 10.3. The van der Waals surface area contributed by atoms with Crippen molar-refractivity contribution in [3.8, 4) is 0 Å². The van der Waals surface area contributed by atoms with Crippen molar-refractivity contribution in [2.45, 2.75) is 31.5 Å². The lowest BCUT2D eigenvalue weighted by Gasteiger charge is -2.15. The molecule has 0 aromatic heterocycles. The fraction of sp³-hybridized carbons (Fsp3) is 1.00. The third-order valence-corrected chi connectivity index (χ3v) is 1.72. The van der Waals surface area contributed by atoms with Crippen LogP contribution in [0.25, 0.3) is 0 Å². The molecule has 0 amide bonds. The molecular weight excluding hydrogens is 107 g/mol. The van der Waals surface area contributed by atoms with Crippen LogP contribution >= 0.6 is 0 Å². The Morgan fingerprint density at radius 1 is 1.38 bits per heavy atom. The van der Waals surface area contributed by atoms with Crippen LogP contribution in [0.2, 0.25) is 0 Å². The van der Waals surface area contributed by atoms with Crippen molar-refractivity contribution in [1.29, 1.82) is 0 Å². The van der Waals surface area contributed by atoms with Crippen LogP contribution in [0.1, 0.15) is 25.7 Å². The largest absolute Gasteiger partial charge is 0.349 e. The topological polar surface area (TPSA) is 9.23 Å². The molecule has 0 atom stereocenters. The molecule has 1 nitrogen and oxygen atoms in total. The van der Waals surface area contributed by atoms with Gasteiger partial charge < -0.3 is 4.74 Å². The Labute approximate surface area is 48.8 Å². The van der Waals surface area contributed by atoms with Gasteiger partial charge >= 0.3 is 0 Å². The van der Waals surface area contributed by atoms with Gasteiger partial charge in [-0.25, -0.2) is 4.39 Å². The molecule has 48 valence electrons. The molecule has 0 bridgehead atoms. The summed E-state index contributed by atoms with van der Waals surface area (Å²) in [4.78, 5) is 0. The zero-order valence-electron chi connectivity index (χ0n) is 5.11. The Bertz CT molecular complexity index is 76.6. The average Bonchev–Trinajstić information content (AvgIpc) is 2.17. The fourth-order valence-electron chi connectivity index (χ4n) is 1.11. The van der Waals surface area contributed by atoms with Crippen LogP contribution in [0.5, 0.6) is 0 Å². The second-order valence-electron chi connectivity index (χ2n) is 2.29. The van der Waals surface area contributed by atoms with Crippen LogP contribution in [0.15, 0.2) is 0 Å².